The molecule has 0 rings (SSSR count). The number of nitrogens with one attached hydrogen (secondary N) is 1. The number of hydrogen-bond acceptors (Lipinski definition) is 5. The van der Waals surface area contributed by atoms with Crippen LogP contribution in [-0.2, 0) is 4.79 Å². The van der Waals surface area contributed by atoms with Crippen LogP contribution < -0.4 is 5.32 Å². The fourth-order valence-corrected chi connectivity index (χ4v) is 5.25. The summed E-state index contributed by atoms with van der Waals surface area (Å²) in [5.41, 5.74) is 0. The zero-order chi connectivity index (χ0) is 31.1. The maximum atomic E-state index is 12.4. The summed E-state index contributed by atoms with van der Waals surface area (Å²) in [6.07, 6.45) is 31.9. The molecule has 248 valence electrons. The van der Waals surface area contributed by atoms with Crippen molar-refractivity contribution in [2.45, 2.75) is 192 Å². The first-order chi connectivity index (χ1) is 20.5. The van der Waals surface area contributed by atoms with Gasteiger partial charge in [0.25, 0.3) is 0 Å². The minimum absolute atomic E-state index is 0.357. The van der Waals surface area contributed by atoms with Crippen molar-refractivity contribution in [2.75, 3.05) is 6.61 Å². The zero-order valence-electron chi connectivity index (χ0n) is 27.5. The Bertz CT molecular complexity index is 638. The van der Waals surface area contributed by atoms with Crippen LogP contribution in [0.1, 0.15) is 168 Å². The molecule has 0 aromatic carbocycles. The van der Waals surface area contributed by atoms with Crippen LogP contribution in [0, 0.1) is 0 Å². The molecule has 0 bridgehead atoms. The highest BCUT2D eigenvalue weighted by Crippen LogP contribution is 2.15. The lowest BCUT2D eigenvalue weighted by Crippen LogP contribution is -2.53. The molecule has 0 aliphatic carbocycles. The predicted octanol–water partition coefficient (Wildman–Crippen LogP) is 8.06. The van der Waals surface area contributed by atoms with E-state index in [9.17, 15) is 25.2 Å². The largest absolute Gasteiger partial charge is 0.394 e. The van der Waals surface area contributed by atoms with Crippen LogP contribution in [-0.4, -0.2) is 57.3 Å². The Kier molecular flexibility index (Phi) is 30.3. The van der Waals surface area contributed by atoms with Crippen LogP contribution in [0.15, 0.2) is 24.3 Å². The molecule has 42 heavy (non-hydrogen) atoms. The highest BCUT2D eigenvalue weighted by Gasteiger charge is 2.28. The van der Waals surface area contributed by atoms with Crippen molar-refractivity contribution in [3.63, 3.8) is 0 Å². The normalized spacial score (nSPS) is 14.9. The van der Waals surface area contributed by atoms with E-state index < -0.39 is 36.9 Å². The third kappa shape index (κ3) is 25.3. The first kappa shape index (κ1) is 40.8. The zero-order valence-corrected chi connectivity index (χ0v) is 27.5. The van der Waals surface area contributed by atoms with Gasteiger partial charge in [0.1, 0.15) is 12.2 Å². The third-order valence-corrected chi connectivity index (χ3v) is 8.17. The van der Waals surface area contributed by atoms with E-state index in [1.54, 1.807) is 0 Å². The van der Waals surface area contributed by atoms with E-state index in [0.717, 1.165) is 57.8 Å². The van der Waals surface area contributed by atoms with E-state index in [-0.39, 0.29) is 0 Å². The van der Waals surface area contributed by atoms with E-state index in [1.807, 2.05) is 0 Å². The molecule has 0 spiro atoms. The fourth-order valence-electron chi connectivity index (χ4n) is 5.25. The van der Waals surface area contributed by atoms with Crippen molar-refractivity contribution >= 4 is 5.91 Å². The Morgan fingerprint density at radius 3 is 1.55 bits per heavy atom. The number of hydrogen-bond donors (Lipinski definition) is 5. The topological polar surface area (TPSA) is 110 Å². The summed E-state index contributed by atoms with van der Waals surface area (Å²) in [4.78, 5) is 12.4. The SMILES string of the molecule is CCCCC/C=C\C/C=C\CCCCCCCCC(O)C(=O)NC(CO)C(O)C(O)CCCCCCCCCCCC. The Morgan fingerprint density at radius 2 is 1.02 bits per heavy atom. The van der Waals surface area contributed by atoms with Crippen LogP contribution in [0.4, 0.5) is 0 Å². The van der Waals surface area contributed by atoms with E-state index in [2.05, 4.69) is 43.5 Å². The molecule has 6 nitrogen and oxygen atoms in total. The molecular weight excluding hydrogens is 526 g/mol. The molecule has 0 saturated heterocycles. The second-order valence-corrected chi connectivity index (χ2v) is 12.2. The van der Waals surface area contributed by atoms with Gasteiger partial charge < -0.3 is 25.7 Å². The van der Waals surface area contributed by atoms with Gasteiger partial charge in [-0.2, -0.15) is 0 Å². The molecule has 4 unspecified atom stereocenters. The van der Waals surface area contributed by atoms with Gasteiger partial charge in [0.15, 0.2) is 0 Å². The molecule has 0 fully saturated rings. The van der Waals surface area contributed by atoms with Gasteiger partial charge in [-0.25, -0.2) is 0 Å². The number of amides is 1. The van der Waals surface area contributed by atoms with Crippen molar-refractivity contribution in [3.05, 3.63) is 24.3 Å². The van der Waals surface area contributed by atoms with Crippen LogP contribution >= 0.6 is 0 Å². The number of carbonyl (C=O) groups is 1. The molecule has 0 aliphatic heterocycles. The Hall–Kier alpha value is -1.21. The molecule has 0 aromatic heterocycles. The molecule has 0 heterocycles. The van der Waals surface area contributed by atoms with Gasteiger partial charge in [-0.15, -0.1) is 0 Å². The van der Waals surface area contributed by atoms with Gasteiger partial charge in [-0.3, -0.25) is 4.79 Å². The summed E-state index contributed by atoms with van der Waals surface area (Å²) in [7, 11) is 0. The summed E-state index contributed by atoms with van der Waals surface area (Å²) in [5.74, 6) is -0.596. The molecule has 5 N–H and O–H groups in total. The quantitative estimate of drug-likeness (QED) is 0.0411. The second kappa shape index (κ2) is 31.2. The summed E-state index contributed by atoms with van der Waals surface area (Å²) >= 11 is 0. The molecule has 4 atom stereocenters. The highest BCUT2D eigenvalue weighted by molar-refractivity contribution is 5.80. The van der Waals surface area contributed by atoms with Crippen molar-refractivity contribution < 1.29 is 25.2 Å². The average Bonchev–Trinajstić information content (AvgIpc) is 2.99. The number of carbonyl (C=O) groups excluding carboxylic acids is 1. The summed E-state index contributed by atoms with van der Waals surface area (Å²) < 4.78 is 0. The summed E-state index contributed by atoms with van der Waals surface area (Å²) in [6.45, 7) is 3.97. The number of allylic oxidation sites excluding steroid dienone is 4. The fraction of sp³-hybridized carbons (Fsp3) is 0.861. The molecule has 0 aromatic rings. The smallest absolute Gasteiger partial charge is 0.249 e. The van der Waals surface area contributed by atoms with E-state index in [0.29, 0.717) is 12.8 Å². The van der Waals surface area contributed by atoms with Crippen molar-refractivity contribution in [1.82, 2.24) is 5.32 Å². The maximum Gasteiger partial charge on any atom is 0.249 e. The summed E-state index contributed by atoms with van der Waals surface area (Å²) in [6, 6.07) is -0.985. The number of rotatable bonds is 31. The van der Waals surface area contributed by atoms with Crippen LogP contribution in [0.2, 0.25) is 0 Å². The number of unbranched alkanes of at least 4 members (excludes halogenated alkanes) is 18. The van der Waals surface area contributed by atoms with Crippen LogP contribution in [0.25, 0.3) is 0 Å². The van der Waals surface area contributed by atoms with Gasteiger partial charge in [-0.05, 0) is 44.9 Å². The van der Waals surface area contributed by atoms with Crippen molar-refractivity contribution in [2.24, 2.45) is 0 Å². The molecular formula is C36H69NO5. The maximum absolute atomic E-state index is 12.4. The van der Waals surface area contributed by atoms with Gasteiger partial charge in [0.2, 0.25) is 5.91 Å². The van der Waals surface area contributed by atoms with Crippen molar-refractivity contribution in [1.29, 1.82) is 0 Å². The number of aliphatic hydroxyl groups excluding tert-OH is 4. The van der Waals surface area contributed by atoms with Gasteiger partial charge >= 0.3 is 0 Å². The predicted molar refractivity (Wildman–Crippen MR) is 177 cm³/mol. The monoisotopic (exact) mass is 596 g/mol. The molecule has 0 saturated carbocycles. The molecule has 0 aliphatic rings. The number of aliphatic hydroxyl groups is 4. The molecule has 0 radical (unpaired) electrons. The van der Waals surface area contributed by atoms with Gasteiger partial charge in [-0.1, -0.05) is 147 Å². The van der Waals surface area contributed by atoms with E-state index in [1.165, 1.54) is 83.5 Å². The third-order valence-electron chi connectivity index (χ3n) is 8.17. The Labute approximate surface area is 259 Å². The van der Waals surface area contributed by atoms with Crippen LogP contribution in [0.3, 0.4) is 0 Å². The van der Waals surface area contributed by atoms with Gasteiger partial charge in [0, 0.05) is 0 Å². The Balaban J connectivity index is 3.86. The Morgan fingerprint density at radius 1 is 0.595 bits per heavy atom. The lowest BCUT2D eigenvalue weighted by molar-refractivity contribution is -0.132. The van der Waals surface area contributed by atoms with E-state index in [4.69, 9.17) is 0 Å². The lowest BCUT2D eigenvalue weighted by atomic mass is 9.99. The van der Waals surface area contributed by atoms with E-state index >= 15 is 0 Å². The molecule has 1 amide bonds. The lowest BCUT2D eigenvalue weighted by Gasteiger charge is -2.27. The highest BCUT2D eigenvalue weighted by atomic mass is 16.3. The van der Waals surface area contributed by atoms with Gasteiger partial charge in [0.05, 0.1) is 18.8 Å². The average molecular weight is 596 g/mol. The second-order valence-electron chi connectivity index (χ2n) is 12.2. The van der Waals surface area contributed by atoms with Crippen molar-refractivity contribution in [3.8, 4) is 0 Å². The minimum Gasteiger partial charge on any atom is -0.394 e. The summed E-state index contributed by atoms with van der Waals surface area (Å²) in [5, 5.41) is 43.3. The van der Waals surface area contributed by atoms with Crippen LogP contribution in [0.5, 0.6) is 0 Å². The molecule has 6 heteroatoms. The first-order valence-corrected chi connectivity index (χ1v) is 17.7. The first-order valence-electron chi connectivity index (χ1n) is 17.7. The minimum atomic E-state index is -1.26. The standard InChI is InChI=1S/C36H69NO5/c1-3-5-7-9-11-13-15-16-17-18-19-20-22-24-26-28-30-34(40)36(42)37-32(31-38)35(41)33(39)29-27-25-23-21-14-12-10-8-6-4-2/h11,13,16-17,32-35,38-41H,3-10,12,14-15,18-31H2,1-2H3,(H,37,42)/b13-11-,17-16-.